The second-order valence-electron chi connectivity index (χ2n) is 3.91. The van der Waals surface area contributed by atoms with Crippen molar-refractivity contribution in [3.05, 3.63) is 53.5 Å². The molecule has 0 unspecified atom stereocenters. The van der Waals surface area contributed by atoms with E-state index in [1.165, 1.54) is 24.5 Å². The minimum atomic E-state index is -4.44. The van der Waals surface area contributed by atoms with Gasteiger partial charge < -0.3 is 14.9 Å². The third-order valence-corrected chi connectivity index (χ3v) is 2.51. The van der Waals surface area contributed by atoms with E-state index in [1.54, 1.807) is 6.07 Å². The fourth-order valence-corrected chi connectivity index (χ4v) is 1.58. The summed E-state index contributed by atoms with van der Waals surface area (Å²) < 4.78 is 48.4. The SMILES string of the molecule is NCc1coc(COc2ccccc2C(F)(F)F)c1. The van der Waals surface area contributed by atoms with Crippen LogP contribution in [0.25, 0.3) is 0 Å². The molecule has 0 aliphatic heterocycles. The molecule has 1 aromatic carbocycles. The maximum Gasteiger partial charge on any atom is 0.419 e. The summed E-state index contributed by atoms with van der Waals surface area (Å²) in [4.78, 5) is 0. The molecule has 0 saturated heterocycles. The van der Waals surface area contributed by atoms with Gasteiger partial charge in [0.15, 0.2) is 0 Å². The molecule has 3 nitrogen and oxygen atoms in total. The van der Waals surface area contributed by atoms with Crippen LogP contribution in [-0.2, 0) is 19.3 Å². The molecule has 19 heavy (non-hydrogen) atoms. The van der Waals surface area contributed by atoms with E-state index in [9.17, 15) is 13.2 Å². The van der Waals surface area contributed by atoms with Crippen molar-refractivity contribution in [3.8, 4) is 5.75 Å². The van der Waals surface area contributed by atoms with Crippen LogP contribution in [0.4, 0.5) is 13.2 Å². The molecule has 0 fully saturated rings. The highest BCUT2D eigenvalue weighted by atomic mass is 19.4. The lowest BCUT2D eigenvalue weighted by Crippen LogP contribution is -2.08. The third-order valence-electron chi connectivity index (χ3n) is 2.51. The van der Waals surface area contributed by atoms with Gasteiger partial charge in [0.25, 0.3) is 0 Å². The lowest BCUT2D eigenvalue weighted by molar-refractivity contribution is -0.139. The van der Waals surface area contributed by atoms with Gasteiger partial charge in [0.2, 0.25) is 0 Å². The molecule has 6 heteroatoms. The van der Waals surface area contributed by atoms with Crippen LogP contribution in [-0.4, -0.2) is 0 Å². The first kappa shape index (κ1) is 13.5. The lowest BCUT2D eigenvalue weighted by atomic mass is 10.2. The molecular formula is C13H12F3NO2. The van der Waals surface area contributed by atoms with Gasteiger partial charge in [-0.2, -0.15) is 13.2 Å². The highest BCUT2D eigenvalue weighted by Crippen LogP contribution is 2.36. The van der Waals surface area contributed by atoms with E-state index in [-0.39, 0.29) is 12.4 Å². The Morgan fingerprint density at radius 2 is 1.95 bits per heavy atom. The van der Waals surface area contributed by atoms with Gasteiger partial charge in [-0.25, -0.2) is 0 Å². The van der Waals surface area contributed by atoms with Crippen LogP contribution in [0.2, 0.25) is 0 Å². The van der Waals surface area contributed by atoms with Crippen LogP contribution in [0.1, 0.15) is 16.9 Å². The predicted molar refractivity (Wildman–Crippen MR) is 62.4 cm³/mol. The van der Waals surface area contributed by atoms with Crippen molar-refractivity contribution in [2.45, 2.75) is 19.3 Å². The van der Waals surface area contributed by atoms with Gasteiger partial charge in [-0.15, -0.1) is 0 Å². The normalized spacial score (nSPS) is 11.6. The van der Waals surface area contributed by atoms with E-state index >= 15 is 0 Å². The van der Waals surface area contributed by atoms with Crippen molar-refractivity contribution >= 4 is 0 Å². The van der Waals surface area contributed by atoms with E-state index in [4.69, 9.17) is 14.9 Å². The van der Waals surface area contributed by atoms with E-state index in [1.807, 2.05) is 0 Å². The quantitative estimate of drug-likeness (QED) is 0.927. The van der Waals surface area contributed by atoms with Crippen molar-refractivity contribution in [2.75, 3.05) is 0 Å². The maximum atomic E-state index is 12.7. The molecule has 2 N–H and O–H groups in total. The zero-order valence-corrected chi connectivity index (χ0v) is 9.91. The summed E-state index contributed by atoms with van der Waals surface area (Å²) in [6.45, 7) is 0.232. The average Bonchev–Trinajstić information content (AvgIpc) is 2.83. The first-order valence-electron chi connectivity index (χ1n) is 5.56. The molecule has 2 aromatic rings. The number of furan rings is 1. The zero-order chi connectivity index (χ0) is 13.9. The van der Waals surface area contributed by atoms with Crippen LogP contribution < -0.4 is 10.5 Å². The van der Waals surface area contributed by atoms with Gasteiger partial charge in [0.1, 0.15) is 18.1 Å². The number of para-hydroxylation sites is 1. The Hall–Kier alpha value is -1.95. The van der Waals surface area contributed by atoms with E-state index in [0.29, 0.717) is 12.3 Å². The largest absolute Gasteiger partial charge is 0.485 e. The van der Waals surface area contributed by atoms with E-state index in [2.05, 4.69) is 0 Å². The number of hydrogen-bond acceptors (Lipinski definition) is 3. The van der Waals surface area contributed by atoms with E-state index in [0.717, 1.165) is 11.6 Å². The summed E-state index contributed by atoms with van der Waals surface area (Å²) in [6, 6.07) is 6.70. The molecule has 2 rings (SSSR count). The number of nitrogens with two attached hydrogens (primary N) is 1. The molecule has 0 bridgehead atoms. The summed E-state index contributed by atoms with van der Waals surface area (Å²) in [7, 11) is 0. The molecule has 1 aromatic heterocycles. The zero-order valence-electron chi connectivity index (χ0n) is 9.91. The predicted octanol–water partition coefficient (Wildman–Crippen LogP) is 3.34. The summed E-state index contributed by atoms with van der Waals surface area (Å²) in [5, 5.41) is 0. The molecule has 0 aliphatic rings. The van der Waals surface area contributed by atoms with Crippen molar-refractivity contribution in [1.29, 1.82) is 0 Å². The number of benzene rings is 1. The molecule has 0 saturated carbocycles. The van der Waals surface area contributed by atoms with Crippen molar-refractivity contribution < 1.29 is 22.3 Å². The number of hydrogen-bond donors (Lipinski definition) is 1. The minimum absolute atomic E-state index is 0.0763. The maximum absolute atomic E-state index is 12.7. The van der Waals surface area contributed by atoms with Crippen LogP contribution in [0, 0.1) is 0 Å². The van der Waals surface area contributed by atoms with Gasteiger partial charge in [-0.1, -0.05) is 12.1 Å². The molecular weight excluding hydrogens is 259 g/mol. The van der Waals surface area contributed by atoms with Crippen LogP contribution >= 0.6 is 0 Å². The van der Waals surface area contributed by atoms with Gasteiger partial charge in [0, 0.05) is 12.1 Å². The number of alkyl halides is 3. The first-order valence-corrected chi connectivity index (χ1v) is 5.56. The fourth-order valence-electron chi connectivity index (χ4n) is 1.58. The smallest absolute Gasteiger partial charge is 0.419 e. The summed E-state index contributed by atoms with van der Waals surface area (Å²) >= 11 is 0. The first-order chi connectivity index (χ1) is 9.00. The fraction of sp³-hybridized carbons (Fsp3) is 0.231. The van der Waals surface area contributed by atoms with Gasteiger partial charge >= 0.3 is 6.18 Å². The molecule has 0 atom stereocenters. The average molecular weight is 271 g/mol. The second kappa shape index (κ2) is 5.36. The highest BCUT2D eigenvalue weighted by Gasteiger charge is 2.34. The summed E-state index contributed by atoms with van der Waals surface area (Å²) in [6.07, 6.45) is -2.99. The molecule has 102 valence electrons. The Labute approximate surface area is 107 Å². The molecule has 1 heterocycles. The monoisotopic (exact) mass is 271 g/mol. The van der Waals surface area contributed by atoms with Crippen molar-refractivity contribution in [2.24, 2.45) is 5.73 Å². The second-order valence-corrected chi connectivity index (χ2v) is 3.91. The number of halogens is 3. The standard InChI is InChI=1S/C13H12F3NO2/c14-13(15,16)11-3-1-2-4-12(11)19-8-10-5-9(6-17)7-18-10/h1-5,7H,6,8,17H2. The number of rotatable bonds is 4. The van der Waals surface area contributed by atoms with Crippen LogP contribution in [0.3, 0.4) is 0 Å². The van der Waals surface area contributed by atoms with Crippen LogP contribution in [0.5, 0.6) is 5.75 Å². The van der Waals surface area contributed by atoms with Gasteiger partial charge in [-0.05, 0) is 18.2 Å². The summed E-state index contributed by atoms with van der Waals surface area (Å²) in [5.41, 5.74) is 5.36. The Kier molecular flexibility index (Phi) is 3.80. The minimum Gasteiger partial charge on any atom is -0.485 e. The topological polar surface area (TPSA) is 48.4 Å². The van der Waals surface area contributed by atoms with Gasteiger partial charge in [-0.3, -0.25) is 0 Å². The molecule has 0 amide bonds. The Bertz CT molecular complexity index is 549. The third kappa shape index (κ3) is 3.29. The Morgan fingerprint density at radius 3 is 2.58 bits per heavy atom. The molecule has 0 radical (unpaired) electrons. The highest BCUT2D eigenvalue weighted by molar-refractivity contribution is 5.35. The van der Waals surface area contributed by atoms with E-state index < -0.39 is 11.7 Å². The molecule has 0 aliphatic carbocycles. The number of ether oxygens (including phenoxy) is 1. The molecule has 0 spiro atoms. The Morgan fingerprint density at radius 1 is 1.21 bits per heavy atom. The van der Waals surface area contributed by atoms with Crippen molar-refractivity contribution in [1.82, 2.24) is 0 Å². The summed E-state index contributed by atoms with van der Waals surface area (Å²) in [5.74, 6) is 0.207. The van der Waals surface area contributed by atoms with Crippen LogP contribution in [0.15, 0.2) is 41.0 Å². The van der Waals surface area contributed by atoms with Crippen molar-refractivity contribution in [3.63, 3.8) is 0 Å². The lowest BCUT2D eigenvalue weighted by Gasteiger charge is -2.12. The van der Waals surface area contributed by atoms with Gasteiger partial charge in [0.05, 0.1) is 11.8 Å². The Balaban J connectivity index is 2.11.